The molecule has 0 aromatic heterocycles. The van der Waals surface area contributed by atoms with Gasteiger partial charge in [-0.1, -0.05) is 13.8 Å². The normalized spacial score (nSPS) is 30.8. The first kappa shape index (κ1) is 10.5. The summed E-state index contributed by atoms with van der Waals surface area (Å²) >= 11 is 0. The van der Waals surface area contributed by atoms with E-state index in [1.54, 1.807) is 0 Å². The summed E-state index contributed by atoms with van der Waals surface area (Å²) in [6.45, 7) is 5.97. The average Bonchev–Trinajstić information content (AvgIpc) is 2.03. The van der Waals surface area contributed by atoms with Gasteiger partial charge < -0.3 is 10.0 Å². The van der Waals surface area contributed by atoms with Crippen molar-refractivity contribution in [3.63, 3.8) is 0 Å². The Morgan fingerprint density at radius 2 is 2.15 bits per heavy atom. The Balaban J connectivity index is 2.66. The van der Waals surface area contributed by atoms with Gasteiger partial charge in [0.1, 0.15) is 0 Å². The second-order valence-electron chi connectivity index (χ2n) is 4.40. The third kappa shape index (κ3) is 2.44. The van der Waals surface area contributed by atoms with Crippen LogP contribution in [0.25, 0.3) is 0 Å². The van der Waals surface area contributed by atoms with Crippen molar-refractivity contribution in [1.82, 2.24) is 4.90 Å². The number of likely N-dealkylation sites (tertiary alicyclic amines) is 1. The van der Waals surface area contributed by atoms with E-state index in [2.05, 4.69) is 18.7 Å². The molecule has 0 spiro atoms. The van der Waals surface area contributed by atoms with Gasteiger partial charge in [-0.2, -0.15) is 0 Å². The Bertz CT molecular complexity index is 191. The first-order valence-electron chi connectivity index (χ1n) is 4.93. The lowest BCUT2D eigenvalue weighted by Gasteiger charge is -2.36. The molecule has 1 rings (SSSR count). The molecule has 0 bridgehead atoms. The van der Waals surface area contributed by atoms with Crippen LogP contribution in [-0.2, 0) is 4.79 Å². The highest BCUT2D eigenvalue weighted by Gasteiger charge is 2.34. The van der Waals surface area contributed by atoms with Crippen LogP contribution in [0.2, 0.25) is 0 Å². The minimum atomic E-state index is -0.634. The van der Waals surface area contributed by atoms with Crippen molar-refractivity contribution < 1.29 is 9.90 Å². The van der Waals surface area contributed by atoms with Gasteiger partial charge >= 0.3 is 5.97 Å². The van der Waals surface area contributed by atoms with Gasteiger partial charge in [0.15, 0.2) is 0 Å². The van der Waals surface area contributed by atoms with E-state index in [9.17, 15) is 4.79 Å². The molecule has 76 valence electrons. The van der Waals surface area contributed by atoms with Crippen LogP contribution in [0.5, 0.6) is 0 Å². The maximum Gasteiger partial charge on any atom is 0.308 e. The van der Waals surface area contributed by atoms with Gasteiger partial charge in [-0.25, -0.2) is 0 Å². The lowest BCUT2D eigenvalue weighted by atomic mass is 9.78. The SMILES string of the molecule is CC(C)C1CCN(C)CC1C(=O)O. The van der Waals surface area contributed by atoms with Crippen molar-refractivity contribution in [2.45, 2.75) is 20.3 Å². The zero-order chi connectivity index (χ0) is 10.0. The fraction of sp³-hybridized carbons (Fsp3) is 0.900. The summed E-state index contributed by atoms with van der Waals surface area (Å²) in [7, 11) is 1.99. The van der Waals surface area contributed by atoms with E-state index < -0.39 is 5.97 Å². The molecular formula is C10H19NO2. The number of rotatable bonds is 2. The molecule has 0 aliphatic carbocycles. The Hall–Kier alpha value is -0.570. The predicted octanol–water partition coefficient (Wildman–Crippen LogP) is 1.29. The van der Waals surface area contributed by atoms with Gasteiger partial charge in [0, 0.05) is 6.54 Å². The number of carboxylic acids is 1. The Labute approximate surface area is 79.7 Å². The molecule has 1 heterocycles. The molecule has 1 fully saturated rings. The third-order valence-electron chi connectivity index (χ3n) is 3.04. The molecule has 1 aliphatic heterocycles. The smallest absolute Gasteiger partial charge is 0.308 e. The molecule has 3 heteroatoms. The van der Waals surface area contributed by atoms with Crippen LogP contribution < -0.4 is 0 Å². The molecule has 0 amide bonds. The van der Waals surface area contributed by atoms with Crippen LogP contribution in [-0.4, -0.2) is 36.1 Å². The van der Waals surface area contributed by atoms with E-state index in [0.717, 1.165) is 13.0 Å². The number of carbonyl (C=O) groups is 1. The van der Waals surface area contributed by atoms with Crippen molar-refractivity contribution in [3.8, 4) is 0 Å². The quantitative estimate of drug-likeness (QED) is 0.705. The standard InChI is InChI=1S/C10H19NO2/c1-7(2)8-4-5-11(3)6-9(8)10(12)13/h7-9H,4-6H2,1-3H3,(H,12,13). The largest absolute Gasteiger partial charge is 0.481 e. The number of carboxylic acid groups (broad SMARTS) is 1. The fourth-order valence-electron chi connectivity index (χ4n) is 2.19. The molecule has 3 nitrogen and oxygen atoms in total. The number of aliphatic carboxylic acids is 1. The number of nitrogens with zero attached hydrogens (tertiary/aromatic N) is 1. The van der Waals surface area contributed by atoms with E-state index in [1.807, 2.05) is 7.05 Å². The topological polar surface area (TPSA) is 40.5 Å². The van der Waals surface area contributed by atoms with Crippen LogP contribution in [0.4, 0.5) is 0 Å². The van der Waals surface area contributed by atoms with Gasteiger partial charge in [0.25, 0.3) is 0 Å². The van der Waals surface area contributed by atoms with Crippen molar-refractivity contribution in [2.75, 3.05) is 20.1 Å². The Morgan fingerprint density at radius 3 is 2.62 bits per heavy atom. The summed E-state index contributed by atoms with van der Waals surface area (Å²) in [6.07, 6.45) is 1.02. The van der Waals surface area contributed by atoms with Crippen LogP contribution in [0, 0.1) is 17.8 Å². The highest BCUT2D eigenvalue weighted by Crippen LogP contribution is 2.29. The summed E-state index contributed by atoms with van der Waals surface area (Å²) in [5.74, 6) is 0.0347. The van der Waals surface area contributed by atoms with Crippen molar-refractivity contribution in [3.05, 3.63) is 0 Å². The van der Waals surface area contributed by atoms with Gasteiger partial charge in [-0.05, 0) is 31.8 Å². The molecule has 1 saturated heterocycles. The first-order chi connectivity index (χ1) is 6.02. The average molecular weight is 185 g/mol. The van der Waals surface area contributed by atoms with Crippen molar-refractivity contribution in [1.29, 1.82) is 0 Å². The maximum absolute atomic E-state index is 11.0. The number of hydrogen-bond donors (Lipinski definition) is 1. The zero-order valence-electron chi connectivity index (χ0n) is 8.66. The number of piperidine rings is 1. The van der Waals surface area contributed by atoms with Gasteiger partial charge in [-0.3, -0.25) is 4.79 Å². The molecule has 13 heavy (non-hydrogen) atoms. The molecule has 0 aromatic rings. The van der Waals surface area contributed by atoms with Crippen LogP contribution in [0.15, 0.2) is 0 Å². The molecule has 0 aromatic carbocycles. The fourth-order valence-corrected chi connectivity index (χ4v) is 2.19. The maximum atomic E-state index is 11.0. The summed E-state index contributed by atoms with van der Waals surface area (Å²) < 4.78 is 0. The number of hydrogen-bond acceptors (Lipinski definition) is 2. The lowest BCUT2D eigenvalue weighted by molar-refractivity contribution is -0.146. The monoisotopic (exact) mass is 185 g/mol. The van der Waals surface area contributed by atoms with E-state index in [4.69, 9.17) is 5.11 Å². The molecule has 0 saturated carbocycles. The molecule has 0 radical (unpaired) electrons. The van der Waals surface area contributed by atoms with E-state index in [1.165, 1.54) is 0 Å². The Kier molecular flexibility index (Phi) is 3.31. The summed E-state index contributed by atoms with van der Waals surface area (Å²) in [5, 5.41) is 9.05. The molecule has 2 atom stereocenters. The summed E-state index contributed by atoms with van der Waals surface area (Å²) in [6, 6.07) is 0. The lowest BCUT2D eigenvalue weighted by Crippen LogP contribution is -2.43. The highest BCUT2D eigenvalue weighted by atomic mass is 16.4. The summed E-state index contributed by atoms with van der Waals surface area (Å²) in [4.78, 5) is 13.1. The minimum absolute atomic E-state index is 0.168. The summed E-state index contributed by atoms with van der Waals surface area (Å²) in [5.41, 5.74) is 0. The highest BCUT2D eigenvalue weighted by molar-refractivity contribution is 5.70. The van der Waals surface area contributed by atoms with E-state index in [0.29, 0.717) is 18.4 Å². The second-order valence-corrected chi connectivity index (χ2v) is 4.40. The zero-order valence-corrected chi connectivity index (χ0v) is 8.66. The first-order valence-corrected chi connectivity index (χ1v) is 4.93. The van der Waals surface area contributed by atoms with E-state index in [-0.39, 0.29) is 5.92 Å². The predicted molar refractivity (Wildman–Crippen MR) is 51.6 cm³/mol. The molecular weight excluding hydrogens is 166 g/mol. The Morgan fingerprint density at radius 1 is 1.54 bits per heavy atom. The van der Waals surface area contributed by atoms with Crippen molar-refractivity contribution >= 4 is 5.97 Å². The van der Waals surface area contributed by atoms with Gasteiger partial charge in [-0.15, -0.1) is 0 Å². The van der Waals surface area contributed by atoms with Crippen molar-refractivity contribution in [2.24, 2.45) is 17.8 Å². The van der Waals surface area contributed by atoms with Gasteiger partial charge in [0.2, 0.25) is 0 Å². The second kappa shape index (κ2) is 4.09. The molecule has 1 N–H and O–H groups in total. The third-order valence-corrected chi connectivity index (χ3v) is 3.04. The van der Waals surface area contributed by atoms with Crippen LogP contribution >= 0.6 is 0 Å². The van der Waals surface area contributed by atoms with E-state index >= 15 is 0 Å². The van der Waals surface area contributed by atoms with Gasteiger partial charge in [0.05, 0.1) is 5.92 Å². The van der Waals surface area contributed by atoms with Crippen LogP contribution in [0.3, 0.4) is 0 Å². The van der Waals surface area contributed by atoms with Crippen LogP contribution in [0.1, 0.15) is 20.3 Å². The molecule has 1 aliphatic rings. The minimum Gasteiger partial charge on any atom is -0.481 e. The molecule has 2 unspecified atom stereocenters.